The molecule has 7 heteroatoms. The van der Waals surface area contributed by atoms with Gasteiger partial charge in [0.15, 0.2) is 0 Å². The van der Waals surface area contributed by atoms with Crippen molar-refractivity contribution in [2.45, 2.75) is 6.92 Å². The van der Waals surface area contributed by atoms with Crippen LogP contribution >= 0.6 is 0 Å². The molecule has 0 aliphatic heterocycles. The summed E-state index contributed by atoms with van der Waals surface area (Å²) in [6, 6.07) is 4.03. The highest BCUT2D eigenvalue weighted by atomic mass is 16.6. The van der Waals surface area contributed by atoms with Gasteiger partial charge in [0.25, 0.3) is 11.6 Å². The average molecular weight is 225 g/mol. The van der Waals surface area contributed by atoms with Crippen molar-refractivity contribution in [3.05, 3.63) is 33.9 Å². The van der Waals surface area contributed by atoms with Crippen molar-refractivity contribution in [2.75, 3.05) is 12.3 Å². The Labute approximate surface area is 91.3 Å². The van der Waals surface area contributed by atoms with Crippen LogP contribution in [0.3, 0.4) is 0 Å². The Morgan fingerprint density at radius 2 is 2.38 bits per heavy atom. The second-order valence-corrected chi connectivity index (χ2v) is 2.87. The average Bonchev–Trinajstić information content (AvgIpc) is 2.26. The molecule has 0 amide bonds. The molecule has 0 heterocycles. The summed E-state index contributed by atoms with van der Waals surface area (Å²) >= 11 is 0. The first kappa shape index (κ1) is 11.8. The molecule has 0 aliphatic carbocycles. The van der Waals surface area contributed by atoms with Crippen molar-refractivity contribution in [3.63, 3.8) is 0 Å². The largest absolute Gasteiger partial charge is 0.475 e. The van der Waals surface area contributed by atoms with Gasteiger partial charge < -0.3 is 15.7 Å². The summed E-state index contributed by atoms with van der Waals surface area (Å²) in [5.41, 5.74) is 5.51. The van der Waals surface area contributed by atoms with E-state index in [0.717, 1.165) is 0 Å². The SMILES string of the molecule is CCOC(=NO)c1ccc(N)c([N+](=O)[O-])c1. The van der Waals surface area contributed by atoms with Crippen LogP contribution in [0.1, 0.15) is 12.5 Å². The maximum atomic E-state index is 10.6. The maximum Gasteiger partial charge on any atom is 0.292 e. The number of nitrogens with zero attached hydrogens (tertiary/aromatic N) is 2. The van der Waals surface area contributed by atoms with Crippen LogP contribution < -0.4 is 5.73 Å². The first-order chi connectivity index (χ1) is 7.60. The number of nitro benzene ring substituents is 1. The molecule has 16 heavy (non-hydrogen) atoms. The number of benzene rings is 1. The van der Waals surface area contributed by atoms with E-state index in [9.17, 15) is 10.1 Å². The minimum absolute atomic E-state index is 0.0440. The number of ether oxygens (including phenoxy) is 1. The molecule has 0 aromatic heterocycles. The van der Waals surface area contributed by atoms with E-state index in [-0.39, 0.29) is 23.9 Å². The van der Waals surface area contributed by atoms with Gasteiger partial charge in [-0.05, 0) is 24.2 Å². The van der Waals surface area contributed by atoms with Gasteiger partial charge in [-0.15, -0.1) is 0 Å². The number of nitrogens with two attached hydrogens (primary N) is 1. The van der Waals surface area contributed by atoms with Crippen molar-refractivity contribution in [2.24, 2.45) is 5.16 Å². The van der Waals surface area contributed by atoms with Crippen LogP contribution in [0.5, 0.6) is 0 Å². The lowest BCUT2D eigenvalue weighted by Gasteiger charge is -2.05. The van der Waals surface area contributed by atoms with Gasteiger partial charge in [-0.25, -0.2) is 0 Å². The summed E-state index contributed by atoms with van der Waals surface area (Å²) < 4.78 is 4.99. The molecule has 7 nitrogen and oxygen atoms in total. The lowest BCUT2D eigenvalue weighted by atomic mass is 10.1. The van der Waals surface area contributed by atoms with Crippen LogP contribution in [0.2, 0.25) is 0 Å². The molecular weight excluding hydrogens is 214 g/mol. The smallest absolute Gasteiger partial charge is 0.292 e. The third kappa shape index (κ3) is 2.38. The van der Waals surface area contributed by atoms with Crippen molar-refractivity contribution in [3.8, 4) is 0 Å². The molecule has 0 aliphatic rings. The number of rotatable bonds is 3. The lowest BCUT2D eigenvalue weighted by Crippen LogP contribution is -2.07. The normalized spacial score (nSPS) is 11.2. The van der Waals surface area contributed by atoms with Crippen LogP contribution in [0, 0.1) is 10.1 Å². The fourth-order valence-corrected chi connectivity index (χ4v) is 1.14. The summed E-state index contributed by atoms with van der Waals surface area (Å²) in [7, 11) is 0. The number of nitrogen functional groups attached to an aromatic ring is 1. The third-order valence-corrected chi connectivity index (χ3v) is 1.85. The molecule has 0 saturated heterocycles. The zero-order chi connectivity index (χ0) is 12.1. The van der Waals surface area contributed by atoms with E-state index < -0.39 is 4.92 Å². The predicted molar refractivity (Wildman–Crippen MR) is 57.5 cm³/mol. The molecule has 0 fully saturated rings. The van der Waals surface area contributed by atoms with Gasteiger partial charge in [0, 0.05) is 11.6 Å². The van der Waals surface area contributed by atoms with Gasteiger partial charge in [0.05, 0.1) is 11.5 Å². The van der Waals surface area contributed by atoms with Crippen molar-refractivity contribution in [1.82, 2.24) is 0 Å². The van der Waals surface area contributed by atoms with E-state index in [0.29, 0.717) is 5.56 Å². The zero-order valence-electron chi connectivity index (χ0n) is 8.58. The fourth-order valence-electron chi connectivity index (χ4n) is 1.14. The van der Waals surface area contributed by atoms with E-state index in [1.807, 2.05) is 0 Å². The van der Waals surface area contributed by atoms with Crippen LogP contribution in [-0.4, -0.2) is 22.6 Å². The Balaban J connectivity index is 3.16. The maximum absolute atomic E-state index is 10.6. The summed E-state index contributed by atoms with van der Waals surface area (Å²) in [6.07, 6.45) is 0. The van der Waals surface area contributed by atoms with E-state index in [1.165, 1.54) is 18.2 Å². The highest BCUT2D eigenvalue weighted by molar-refractivity contribution is 5.95. The third-order valence-electron chi connectivity index (χ3n) is 1.85. The number of nitro groups is 1. The number of oxime groups is 1. The summed E-state index contributed by atoms with van der Waals surface area (Å²) in [5.74, 6) is -0.0781. The minimum Gasteiger partial charge on any atom is -0.475 e. The van der Waals surface area contributed by atoms with Gasteiger partial charge in [0.1, 0.15) is 5.69 Å². The van der Waals surface area contributed by atoms with Gasteiger partial charge >= 0.3 is 0 Å². The Hall–Kier alpha value is -2.31. The highest BCUT2D eigenvalue weighted by Gasteiger charge is 2.15. The molecule has 0 atom stereocenters. The fraction of sp³-hybridized carbons (Fsp3) is 0.222. The molecule has 0 spiro atoms. The Bertz CT molecular complexity index is 431. The van der Waals surface area contributed by atoms with Crippen LogP contribution in [0.15, 0.2) is 23.4 Å². The second kappa shape index (κ2) is 4.96. The summed E-state index contributed by atoms with van der Waals surface area (Å²) in [5, 5.41) is 22.2. The molecule has 0 bridgehead atoms. The van der Waals surface area contributed by atoms with Crippen molar-refractivity contribution >= 4 is 17.3 Å². The van der Waals surface area contributed by atoms with Crippen LogP contribution in [0.25, 0.3) is 0 Å². The van der Waals surface area contributed by atoms with Gasteiger partial charge in [0.2, 0.25) is 0 Å². The van der Waals surface area contributed by atoms with Crippen LogP contribution in [-0.2, 0) is 4.74 Å². The van der Waals surface area contributed by atoms with Crippen molar-refractivity contribution in [1.29, 1.82) is 0 Å². The van der Waals surface area contributed by atoms with Gasteiger partial charge in [-0.3, -0.25) is 10.1 Å². The Kier molecular flexibility index (Phi) is 3.65. The summed E-state index contributed by atoms with van der Waals surface area (Å²) in [6.45, 7) is 1.99. The van der Waals surface area contributed by atoms with E-state index in [2.05, 4.69) is 5.16 Å². The van der Waals surface area contributed by atoms with Crippen LogP contribution in [0.4, 0.5) is 11.4 Å². The Morgan fingerprint density at radius 1 is 1.69 bits per heavy atom. The number of hydrogen-bond acceptors (Lipinski definition) is 6. The highest BCUT2D eigenvalue weighted by Crippen LogP contribution is 2.22. The molecule has 1 rings (SSSR count). The van der Waals surface area contributed by atoms with E-state index in [4.69, 9.17) is 15.7 Å². The Morgan fingerprint density at radius 3 is 2.88 bits per heavy atom. The van der Waals surface area contributed by atoms with E-state index >= 15 is 0 Å². The monoisotopic (exact) mass is 225 g/mol. The molecule has 1 aromatic carbocycles. The molecule has 0 unspecified atom stereocenters. The molecule has 1 aromatic rings. The van der Waals surface area contributed by atoms with Gasteiger partial charge in [-0.1, -0.05) is 0 Å². The molecular formula is C9H11N3O4. The number of hydrogen-bond donors (Lipinski definition) is 2. The quantitative estimate of drug-likeness (QED) is 0.201. The standard InChI is InChI=1S/C9H11N3O4/c1-2-16-9(11-13)6-3-4-7(10)8(5-6)12(14)15/h3-5,13H,2,10H2,1H3. The first-order valence-electron chi connectivity index (χ1n) is 4.49. The minimum atomic E-state index is -0.611. The lowest BCUT2D eigenvalue weighted by molar-refractivity contribution is -0.383. The number of anilines is 1. The second-order valence-electron chi connectivity index (χ2n) is 2.87. The summed E-state index contributed by atoms with van der Waals surface area (Å²) in [4.78, 5) is 10.0. The molecule has 3 N–H and O–H groups in total. The van der Waals surface area contributed by atoms with Gasteiger partial charge in [-0.2, -0.15) is 0 Å². The predicted octanol–water partition coefficient (Wildman–Crippen LogP) is 1.35. The first-order valence-corrected chi connectivity index (χ1v) is 4.49. The molecule has 0 radical (unpaired) electrons. The topological polar surface area (TPSA) is 111 Å². The van der Waals surface area contributed by atoms with Crippen molar-refractivity contribution < 1.29 is 14.9 Å². The van der Waals surface area contributed by atoms with E-state index in [1.54, 1.807) is 6.92 Å². The zero-order valence-corrected chi connectivity index (χ0v) is 8.58. The molecule has 86 valence electrons. The molecule has 0 saturated carbocycles.